The minimum atomic E-state index is -2.49. The van der Waals surface area contributed by atoms with Crippen molar-refractivity contribution >= 4 is 93.4 Å². The van der Waals surface area contributed by atoms with Gasteiger partial charge in [-0.05, 0) is 50.7 Å². The van der Waals surface area contributed by atoms with Crippen molar-refractivity contribution in [3.63, 3.8) is 0 Å². The maximum Gasteiger partial charge on any atom is 0.304 e. The van der Waals surface area contributed by atoms with Gasteiger partial charge in [0.2, 0.25) is 35.4 Å². The van der Waals surface area contributed by atoms with E-state index in [1.807, 2.05) is 0 Å². The van der Waals surface area contributed by atoms with Gasteiger partial charge in [-0.2, -0.15) is 0 Å². The Kier molecular flexibility index (Phi) is 50.7. The molecule has 842 valence electrons. The van der Waals surface area contributed by atoms with Crippen molar-refractivity contribution in [2.75, 3.05) is 58.5 Å². The summed E-state index contributed by atoms with van der Waals surface area (Å²) in [4.78, 5) is 181. The maximum absolute atomic E-state index is 14.9. The van der Waals surface area contributed by atoms with Gasteiger partial charge in [-0.25, -0.2) is 0 Å². The minimum Gasteiger partial charge on any atom is -0.481 e. The topological polar surface area (TPSA) is 944 Å². The lowest BCUT2D eigenvalue weighted by atomic mass is 9.85. The number of ether oxygens (including phenoxy) is 13. The van der Waals surface area contributed by atoms with Crippen LogP contribution in [-0.4, -0.2) is 497 Å². The van der Waals surface area contributed by atoms with E-state index in [0.717, 1.165) is 20.8 Å². The first-order valence-electron chi connectivity index (χ1n) is 48.0. The standard InChI is InChI=1S/C88H145N9O49S/c1-10-31(5)39(17-32(6)103)79(132)97-55(33(7)104)44(109)18-36(21-54(113)114)77(130)94-41(14-15-53(111)112)43(108)22-38(30(3)4)78(131)95-40(13-12-16-91-88(89)90)42(107)19-37(81(133)147-11-2)20-52(110)96-80-56(92-34(8)105)63(120)73(48(26-101)136-80)143-82-57(93-35(9)106)64(121)74(49(27-102)140-82)144-87-72(129)76(146-86-70(127)67(124)60(117)47(25-100)139-86)62(119)51(142-87)29-135-84-71(128)75(145-85-69(126)66(123)59(116)46(24-99)138-85)61(118)50(141-84)28-134-83-68(125)65(122)58(115)45(23-98)137-83/h30-31,33,36-41,45-51,55-76,80,82-87,98-102,104,115-129H,10-29H2,1-9H3,(H,92,105)(H,93,106)(H,94,130)(H,95,131)(H,96,110)(H,97,132)(H,111,112)(H,113,114)(H4,89,90,91)/t31?,33?,36-,37-,38-,39-,40-,41-,45?,46-,47-,48?,49?,50?,51?,55-,56?,57?,58+,59+,60+,61+,62+,63+,64+,65-,66?,67?,68?,69?,70?,71?,72?,73+,74+,75-,76-,80+,82-,83-,84-,85+,86+,87-/m0/s1. The van der Waals surface area contributed by atoms with Crippen LogP contribution in [0.15, 0.2) is 4.99 Å². The predicted octanol–water partition coefficient (Wildman–Crippen LogP) is -14.9. The van der Waals surface area contributed by atoms with E-state index in [1.165, 1.54) is 20.8 Å². The molecule has 0 aromatic carbocycles. The first-order chi connectivity index (χ1) is 69.1. The van der Waals surface area contributed by atoms with E-state index in [2.05, 4.69) is 36.9 Å². The van der Waals surface area contributed by atoms with E-state index in [9.17, 15) is 180 Å². The lowest BCUT2D eigenvalue weighted by Gasteiger charge is -2.50. The van der Waals surface area contributed by atoms with Gasteiger partial charge in [0.25, 0.3) is 0 Å². The predicted molar refractivity (Wildman–Crippen MR) is 488 cm³/mol. The van der Waals surface area contributed by atoms with Crippen LogP contribution in [0.1, 0.15) is 133 Å². The van der Waals surface area contributed by atoms with Gasteiger partial charge in [-0.1, -0.05) is 52.8 Å². The Morgan fingerprint density at radius 1 is 0.401 bits per heavy atom. The first-order valence-corrected chi connectivity index (χ1v) is 49.0. The van der Waals surface area contributed by atoms with Crippen LogP contribution in [0.2, 0.25) is 0 Å². The van der Waals surface area contributed by atoms with Crippen LogP contribution in [0.5, 0.6) is 0 Å². The number of ketones is 4. The Bertz CT molecular complexity index is 4300. The third kappa shape index (κ3) is 34.4. The first kappa shape index (κ1) is 126. The van der Waals surface area contributed by atoms with Crippen LogP contribution in [-0.2, 0) is 124 Å². The molecule has 0 aliphatic carbocycles. The van der Waals surface area contributed by atoms with Gasteiger partial charge in [0, 0.05) is 76.7 Å². The summed E-state index contributed by atoms with van der Waals surface area (Å²) < 4.78 is 76.3. The van der Waals surface area contributed by atoms with Gasteiger partial charge >= 0.3 is 11.9 Å². The second-order valence-electron chi connectivity index (χ2n) is 37.7. The Balaban J connectivity index is 1.12. The van der Waals surface area contributed by atoms with Gasteiger partial charge in [-0.15, -0.1) is 0 Å². The van der Waals surface area contributed by atoms with Gasteiger partial charge in [0.1, 0.15) is 183 Å². The molecule has 7 heterocycles. The summed E-state index contributed by atoms with van der Waals surface area (Å²) in [5.74, 6) is -20.0. The summed E-state index contributed by atoms with van der Waals surface area (Å²) in [7, 11) is 0. The molecule has 58 nitrogen and oxygen atoms in total. The molecule has 7 aliphatic rings. The number of amides is 6. The molecule has 0 aromatic heterocycles. The number of carboxylic acid groups (broad SMARTS) is 2. The number of nitrogens with one attached hydrogen (secondary N) is 6. The fourth-order valence-corrected chi connectivity index (χ4v) is 18.4. The zero-order valence-corrected chi connectivity index (χ0v) is 82.8. The van der Waals surface area contributed by atoms with Crippen molar-refractivity contribution in [2.45, 2.75) is 372 Å². The molecule has 0 bridgehead atoms. The highest BCUT2D eigenvalue weighted by Crippen LogP contribution is 2.39. The van der Waals surface area contributed by atoms with Crippen molar-refractivity contribution in [2.24, 2.45) is 52.0 Å². The third-order valence-corrected chi connectivity index (χ3v) is 27.2. The van der Waals surface area contributed by atoms with Crippen LogP contribution < -0.4 is 43.4 Å². The zero-order chi connectivity index (χ0) is 110. The molecular weight excluding hydrogens is 2000 g/mol. The number of thioether (sulfide) groups is 1. The summed E-state index contributed by atoms with van der Waals surface area (Å²) in [6, 6.07) is -9.06. The molecule has 7 aliphatic heterocycles. The monoisotopic (exact) mass is 2140 g/mol. The number of guanidine groups is 1. The summed E-state index contributed by atoms with van der Waals surface area (Å²) >= 11 is 0.651. The maximum atomic E-state index is 14.9. The Morgan fingerprint density at radius 2 is 0.816 bits per heavy atom. The normalized spacial score (nSPS) is 35.5. The van der Waals surface area contributed by atoms with Gasteiger partial charge in [0.05, 0.1) is 76.8 Å². The van der Waals surface area contributed by atoms with Crippen molar-refractivity contribution in [3.8, 4) is 0 Å². The smallest absolute Gasteiger partial charge is 0.304 e. The Labute approximate surface area is 845 Å². The average Bonchev–Trinajstić information content (AvgIpc) is 0.762. The van der Waals surface area contributed by atoms with Crippen molar-refractivity contribution in [3.05, 3.63) is 0 Å². The van der Waals surface area contributed by atoms with E-state index >= 15 is 0 Å². The van der Waals surface area contributed by atoms with Gasteiger partial charge < -0.3 is 227 Å². The van der Waals surface area contributed by atoms with Gasteiger partial charge in [0.15, 0.2) is 72.4 Å². The molecule has 7 fully saturated rings. The van der Waals surface area contributed by atoms with Crippen LogP contribution in [0.25, 0.3) is 0 Å². The molecule has 0 radical (unpaired) electrons. The molecular formula is C88H145N9O49S. The van der Waals surface area contributed by atoms with Crippen LogP contribution in [0.4, 0.5) is 0 Å². The molecule has 6 amide bonds. The molecule has 0 spiro atoms. The van der Waals surface area contributed by atoms with Crippen molar-refractivity contribution in [1.82, 2.24) is 31.9 Å². The number of aliphatic imine (C=N–C) groups is 1. The quantitative estimate of drug-likeness (QED) is 0.0153. The average molecular weight is 2150 g/mol. The summed E-state index contributed by atoms with van der Waals surface area (Å²) in [6.45, 7) is 4.37. The zero-order valence-electron chi connectivity index (χ0n) is 82.0. The lowest BCUT2D eigenvalue weighted by Crippen LogP contribution is -2.71. The van der Waals surface area contributed by atoms with Crippen LogP contribution >= 0.6 is 11.8 Å². The highest BCUT2D eigenvalue weighted by atomic mass is 32.2. The number of carbonyl (C=O) groups is 13. The molecule has 7 saturated heterocycles. The largest absolute Gasteiger partial charge is 0.481 e. The molecule has 0 aromatic rings. The number of nitrogens with two attached hydrogens (primary N) is 2. The second-order valence-corrected chi connectivity index (χ2v) is 38.9. The van der Waals surface area contributed by atoms with Crippen molar-refractivity contribution in [1.29, 1.82) is 0 Å². The number of hydrogen-bond donors (Lipinski definition) is 31. The lowest BCUT2D eigenvalue weighted by molar-refractivity contribution is -0.387. The summed E-state index contributed by atoms with van der Waals surface area (Å²) in [6.07, 6.45) is -77.3. The summed E-state index contributed by atoms with van der Waals surface area (Å²) in [5, 5.41) is 266. The molecule has 44 atom stereocenters. The highest BCUT2D eigenvalue weighted by molar-refractivity contribution is 8.13. The number of hydrogen-bond acceptors (Lipinski definition) is 49. The number of carbonyl (C=O) groups excluding carboxylic acids is 11. The van der Waals surface area contributed by atoms with E-state index in [4.69, 9.17) is 73.0 Å². The second kappa shape index (κ2) is 59.0. The Morgan fingerprint density at radius 3 is 1.29 bits per heavy atom. The number of aliphatic hydroxyl groups excluding tert-OH is 21. The SMILES string of the molecule is CCSC(=O)[C@H](CC(=O)N[C@@H]1OC(CO)[C@@H](O[C@@H]2OC(CO)[C@@H](O[C@@H]3OC(CO[C@H]4OC(CO[C@H]5OC(CO)[C@@H](O)[C@H](O)C5O)[C@@H](O)[C@H](O[C@H]5O[C@@H](CO)[C@@H](O)C(O)C5O)C4O)[C@@H](O)[C@H](O[C@H]4O[C@@H](CO)[C@@H](O)C(O)C4O)C3O)[C@H](O)C2NC(C)=O)[C@H](O)C1NC(C)=O)CC(=O)[C@H](CCCN=C(N)N)NC(=O)[C@@H](CC(=O)[C@H](CCC(=O)O)NC(=O)[C@H](CC(=O)O)CC(=O)[C@@H](NC(=O)[C@@H](CC(C)=O)C(C)CC)C(C)O)C(C)C. The molecule has 7 rings (SSSR count). The van der Waals surface area contributed by atoms with E-state index in [-0.39, 0.29) is 43.3 Å². The number of aliphatic hydroxyl groups is 21. The number of nitrogens with zero attached hydrogens (tertiary/aromatic N) is 1. The molecule has 16 unspecified atom stereocenters. The van der Waals surface area contributed by atoms with E-state index in [0.29, 0.717) is 18.2 Å². The Hall–Kier alpha value is -7.63. The van der Waals surface area contributed by atoms with Gasteiger partial charge in [-0.3, -0.25) is 62.5 Å². The molecule has 33 N–H and O–H groups in total. The fraction of sp³-hybridized carbons (Fsp3) is 0.841. The van der Waals surface area contributed by atoms with Crippen molar-refractivity contribution < 1.29 is 241 Å². The minimum absolute atomic E-state index is 0.0468. The molecule has 147 heavy (non-hydrogen) atoms. The number of rotatable bonds is 56. The van der Waals surface area contributed by atoms with Crippen LogP contribution in [0.3, 0.4) is 0 Å². The number of carboxylic acids is 2. The number of Topliss-reactive ketones (excluding diaryl/α,β-unsaturated/α-hetero) is 4. The van der Waals surface area contributed by atoms with E-state index < -0.39 is 436 Å². The highest BCUT2D eigenvalue weighted by Gasteiger charge is 2.59. The summed E-state index contributed by atoms with van der Waals surface area (Å²) in [5.41, 5.74) is 11.2. The molecule has 59 heteroatoms. The van der Waals surface area contributed by atoms with E-state index in [1.54, 1.807) is 20.8 Å². The molecule has 0 saturated carbocycles. The number of aliphatic carboxylic acids is 2. The van der Waals surface area contributed by atoms with Crippen LogP contribution in [0, 0.1) is 35.5 Å². The fourth-order valence-electron chi connectivity index (χ4n) is 17.7. The third-order valence-electron chi connectivity index (χ3n) is 26.2.